The lowest BCUT2D eigenvalue weighted by molar-refractivity contribution is -0.139. The molecule has 0 unspecified atom stereocenters. The van der Waals surface area contributed by atoms with Gasteiger partial charge in [0.15, 0.2) is 0 Å². The molecule has 3 nitrogen and oxygen atoms in total. The van der Waals surface area contributed by atoms with Gasteiger partial charge in [0.05, 0.1) is 17.0 Å². The quantitative estimate of drug-likeness (QED) is 0.877. The van der Waals surface area contributed by atoms with E-state index < -0.39 is 24.3 Å². The van der Waals surface area contributed by atoms with E-state index in [9.17, 15) is 14.3 Å². The summed E-state index contributed by atoms with van der Waals surface area (Å²) in [5.41, 5.74) is 0.258. The third-order valence-electron chi connectivity index (χ3n) is 1.70. The summed E-state index contributed by atoms with van der Waals surface area (Å²) in [5, 5.41) is 17.7. The highest BCUT2D eigenvalue weighted by molar-refractivity contribution is 9.10. The van der Waals surface area contributed by atoms with Gasteiger partial charge in [-0.3, -0.25) is 4.79 Å². The summed E-state index contributed by atoms with van der Waals surface area (Å²) in [6, 6.07) is 4.01. The van der Waals surface area contributed by atoms with Crippen LogP contribution in [-0.4, -0.2) is 16.2 Å². The number of halogens is 2. The van der Waals surface area contributed by atoms with Crippen molar-refractivity contribution in [3.63, 3.8) is 0 Å². The molecular formula is C9H8BrFO3. The summed E-state index contributed by atoms with van der Waals surface area (Å²) in [6.07, 6.45) is -1.60. The summed E-state index contributed by atoms with van der Waals surface area (Å²) >= 11 is 2.96. The van der Waals surface area contributed by atoms with Crippen molar-refractivity contribution in [2.24, 2.45) is 0 Å². The Morgan fingerprint density at radius 1 is 1.57 bits per heavy atom. The van der Waals surface area contributed by atoms with Gasteiger partial charge in [-0.25, -0.2) is 4.39 Å². The first-order valence-corrected chi connectivity index (χ1v) is 4.65. The van der Waals surface area contributed by atoms with E-state index in [-0.39, 0.29) is 10.0 Å². The maximum atomic E-state index is 13.0. The Bertz CT molecular complexity index is 354. The Morgan fingerprint density at radius 3 is 2.71 bits per heavy atom. The molecule has 0 aliphatic carbocycles. The topological polar surface area (TPSA) is 57.5 Å². The molecule has 0 aliphatic heterocycles. The van der Waals surface area contributed by atoms with Crippen LogP contribution in [0.15, 0.2) is 22.7 Å². The molecule has 0 saturated heterocycles. The number of aliphatic hydroxyl groups is 1. The number of carboxylic acid groups (broad SMARTS) is 1. The number of benzene rings is 1. The molecule has 0 bridgehead atoms. The maximum Gasteiger partial charge on any atom is 0.306 e. The molecule has 5 heteroatoms. The van der Waals surface area contributed by atoms with E-state index in [2.05, 4.69) is 15.9 Å². The van der Waals surface area contributed by atoms with Gasteiger partial charge in [0.1, 0.15) is 5.82 Å². The zero-order valence-corrected chi connectivity index (χ0v) is 8.66. The third kappa shape index (κ3) is 2.78. The van der Waals surface area contributed by atoms with Crippen LogP contribution in [-0.2, 0) is 4.79 Å². The van der Waals surface area contributed by atoms with Gasteiger partial charge < -0.3 is 10.2 Å². The molecule has 0 aromatic heterocycles. The standard InChI is InChI=1S/C9H8BrFO3/c10-6-2-1-5(3-7(6)11)8(12)4-9(13)14/h1-3,8,12H,4H2,(H,13,14)/t8-/m1/s1. The fourth-order valence-electron chi connectivity index (χ4n) is 1.00. The van der Waals surface area contributed by atoms with Crippen LogP contribution in [0.4, 0.5) is 4.39 Å². The van der Waals surface area contributed by atoms with E-state index in [0.717, 1.165) is 6.07 Å². The number of hydrogen-bond acceptors (Lipinski definition) is 2. The van der Waals surface area contributed by atoms with E-state index in [1.54, 1.807) is 0 Å². The molecule has 0 aliphatic rings. The summed E-state index contributed by atoms with van der Waals surface area (Å²) in [4.78, 5) is 10.3. The molecule has 0 heterocycles. The summed E-state index contributed by atoms with van der Waals surface area (Å²) in [5.74, 6) is -1.65. The first kappa shape index (κ1) is 11.1. The van der Waals surface area contributed by atoms with Crippen LogP contribution < -0.4 is 0 Å². The van der Waals surface area contributed by atoms with Crippen molar-refractivity contribution in [3.8, 4) is 0 Å². The SMILES string of the molecule is O=C(O)C[C@@H](O)c1ccc(Br)c(F)c1. The van der Waals surface area contributed by atoms with Crippen LogP contribution in [0.5, 0.6) is 0 Å². The third-order valence-corrected chi connectivity index (χ3v) is 2.34. The molecule has 1 atom stereocenters. The highest BCUT2D eigenvalue weighted by Crippen LogP contribution is 2.22. The van der Waals surface area contributed by atoms with Gasteiger partial charge in [-0.05, 0) is 33.6 Å². The number of rotatable bonds is 3. The van der Waals surface area contributed by atoms with E-state index in [0.29, 0.717) is 0 Å². The second-order valence-corrected chi connectivity index (χ2v) is 3.64. The monoisotopic (exact) mass is 262 g/mol. The number of carboxylic acids is 1. The van der Waals surface area contributed by atoms with Crippen molar-refractivity contribution < 1.29 is 19.4 Å². The first-order valence-electron chi connectivity index (χ1n) is 3.85. The van der Waals surface area contributed by atoms with Crippen LogP contribution >= 0.6 is 15.9 Å². The number of hydrogen-bond donors (Lipinski definition) is 2. The van der Waals surface area contributed by atoms with E-state index in [4.69, 9.17) is 5.11 Å². The molecule has 1 aromatic rings. The fraction of sp³-hybridized carbons (Fsp3) is 0.222. The lowest BCUT2D eigenvalue weighted by Gasteiger charge is -2.08. The molecule has 0 amide bonds. The Kier molecular flexibility index (Phi) is 3.60. The van der Waals surface area contributed by atoms with Crippen molar-refractivity contribution in [2.45, 2.75) is 12.5 Å². The van der Waals surface area contributed by atoms with Gasteiger partial charge in [-0.1, -0.05) is 6.07 Å². The normalized spacial score (nSPS) is 12.5. The molecular weight excluding hydrogens is 255 g/mol. The average Bonchev–Trinajstić information content (AvgIpc) is 2.08. The van der Waals surface area contributed by atoms with Crippen molar-refractivity contribution in [2.75, 3.05) is 0 Å². The van der Waals surface area contributed by atoms with Gasteiger partial charge in [-0.15, -0.1) is 0 Å². The first-order chi connectivity index (χ1) is 6.50. The highest BCUT2D eigenvalue weighted by Gasteiger charge is 2.13. The number of carbonyl (C=O) groups is 1. The zero-order chi connectivity index (χ0) is 10.7. The largest absolute Gasteiger partial charge is 0.481 e. The molecule has 0 spiro atoms. The zero-order valence-electron chi connectivity index (χ0n) is 7.08. The average molecular weight is 263 g/mol. The molecule has 76 valence electrons. The predicted octanol–water partition coefficient (Wildman–Crippen LogP) is 2.10. The van der Waals surface area contributed by atoms with Crippen molar-refractivity contribution in [3.05, 3.63) is 34.1 Å². The molecule has 1 rings (SSSR count). The molecule has 0 fully saturated rings. The van der Waals surface area contributed by atoms with E-state index >= 15 is 0 Å². The van der Waals surface area contributed by atoms with Gasteiger partial charge >= 0.3 is 5.97 Å². The van der Waals surface area contributed by atoms with Gasteiger partial charge in [0.2, 0.25) is 0 Å². The Balaban J connectivity index is 2.85. The minimum Gasteiger partial charge on any atom is -0.481 e. The van der Waals surface area contributed by atoms with Crippen LogP contribution in [0.2, 0.25) is 0 Å². The molecule has 0 saturated carbocycles. The van der Waals surface area contributed by atoms with Crippen LogP contribution in [0.25, 0.3) is 0 Å². The van der Waals surface area contributed by atoms with Gasteiger partial charge in [-0.2, -0.15) is 0 Å². The summed E-state index contributed by atoms with van der Waals surface area (Å²) in [7, 11) is 0. The van der Waals surface area contributed by atoms with Crippen molar-refractivity contribution in [1.29, 1.82) is 0 Å². The Labute approximate surface area is 88.3 Å². The number of aliphatic carboxylic acids is 1. The molecule has 1 aromatic carbocycles. The maximum absolute atomic E-state index is 13.0. The van der Waals surface area contributed by atoms with Crippen molar-refractivity contribution in [1.82, 2.24) is 0 Å². The van der Waals surface area contributed by atoms with Gasteiger partial charge in [0.25, 0.3) is 0 Å². The van der Waals surface area contributed by atoms with Gasteiger partial charge in [0, 0.05) is 0 Å². The Hall–Kier alpha value is -0.940. The minimum atomic E-state index is -1.17. The molecule has 2 N–H and O–H groups in total. The molecule has 14 heavy (non-hydrogen) atoms. The molecule has 0 radical (unpaired) electrons. The van der Waals surface area contributed by atoms with E-state index in [1.807, 2.05) is 0 Å². The second kappa shape index (κ2) is 4.52. The minimum absolute atomic E-state index is 0.258. The van der Waals surface area contributed by atoms with E-state index in [1.165, 1.54) is 12.1 Å². The number of aliphatic hydroxyl groups excluding tert-OH is 1. The summed E-state index contributed by atoms with van der Waals surface area (Å²) in [6.45, 7) is 0. The predicted molar refractivity (Wildman–Crippen MR) is 51.3 cm³/mol. The smallest absolute Gasteiger partial charge is 0.306 e. The highest BCUT2D eigenvalue weighted by atomic mass is 79.9. The van der Waals surface area contributed by atoms with Crippen LogP contribution in [0, 0.1) is 5.82 Å². The second-order valence-electron chi connectivity index (χ2n) is 2.79. The fourth-order valence-corrected chi connectivity index (χ4v) is 1.25. The van der Waals surface area contributed by atoms with Crippen molar-refractivity contribution >= 4 is 21.9 Å². The van der Waals surface area contributed by atoms with Crippen LogP contribution in [0.1, 0.15) is 18.1 Å². The lowest BCUT2D eigenvalue weighted by Crippen LogP contribution is -2.05. The lowest BCUT2D eigenvalue weighted by atomic mass is 10.1. The van der Waals surface area contributed by atoms with Crippen LogP contribution in [0.3, 0.4) is 0 Å². The summed E-state index contributed by atoms with van der Waals surface area (Å²) < 4.78 is 13.3. The Morgan fingerprint density at radius 2 is 2.21 bits per heavy atom.